The van der Waals surface area contributed by atoms with E-state index in [4.69, 9.17) is 0 Å². The molecule has 2 rings (SSSR count). The summed E-state index contributed by atoms with van der Waals surface area (Å²) in [6.07, 6.45) is 3.15. The Morgan fingerprint density at radius 1 is 1.22 bits per heavy atom. The molecule has 4 nitrogen and oxygen atoms in total. The summed E-state index contributed by atoms with van der Waals surface area (Å²) < 4.78 is 0. The molecule has 0 heterocycles. The number of ketones is 1. The van der Waals surface area contributed by atoms with Crippen molar-refractivity contribution in [2.75, 3.05) is 18.4 Å². The third-order valence-electron chi connectivity index (χ3n) is 2.77. The van der Waals surface area contributed by atoms with E-state index in [-0.39, 0.29) is 11.5 Å². The summed E-state index contributed by atoms with van der Waals surface area (Å²) in [4.78, 5) is 16.3. The van der Waals surface area contributed by atoms with E-state index in [2.05, 4.69) is 10.3 Å². The topological polar surface area (TPSA) is 61.7 Å². The quantitative estimate of drug-likeness (QED) is 0.802. The Morgan fingerprint density at radius 2 is 2.00 bits per heavy atom. The van der Waals surface area contributed by atoms with Gasteiger partial charge in [-0.15, -0.1) is 0 Å². The van der Waals surface area contributed by atoms with Gasteiger partial charge in [-0.3, -0.25) is 9.79 Å². The number of phenols is 1. The highest BCUT2D eigenvalue weighted by molar-refractivity contribution is 6.27. The van der Waals surface area contributed by atoms with Gasteiger partial charge in [-0.2, -0.15) is 0 Å². The molecule has 94 valence electrons. The zero-order valence-electron chi connectivity index (χ0n) is 10.5. The van der Waals surface area contributed by atoms with Gasteiger partial charge in [-0.25, -0.2) is 0 Å². The van der Waals surface area contributed by atoms with Crippen LogP contribution in [0.1, 0.15) is 29.8 Å². The second-order valence-corrected chi connectivity index (χ2v) is 3.97. The lowest BCUT2D eigenvalue weighted by molar-refractivity contribution is 0.104. The lowest BCUT2D eigenvalue weighted by Crippen LogP contribution is -2.16. The van der Waals surface area contributed by atoms with E-state index in [1.165, 1.54) is 6.08 Å². The number of aliphatic imine (C=N–C) groups is 1. The van der Waals surface area contributed by atoms with Gasteiger partial charge in [0.05, 0.1) is 16.8 Å². The van der Waals surface area contributed by atoms with E-state index in [1.807, 2.05) is 13.8 Å². The van der Waals surface area contributed by atoms with E-state index in [1.54, 1.807) is 18.2 Å². The maximum absolute atomic E-state index is 12.0. The van der Waals surface area contributed by atoms with Crippen molar-refractivity contribution in [2.45, 2.75) is 13.8 Å². The van der Waals surface area contributed by atoms with Crippen molar-refractivity contribution in [1.29, 1.82) is 0 Å². The van der Waals surface area contributed by atoms with E-state index in [9.17, 15) is 9.90 Å². The number of aromatic hydroxyl groups is 1. The molecule has 0 fully saturated rings. The van der Waals surface area contributed by atoms with Gasteiger partial charge in [0.1, 0.15) is 5.75 Å². The third kappa shape index (κ3) is 2.01. The van der Waals surface area contributed by atoms with Crippen LogP contribution >= 0.6 is 0 Å². The van der Waals surface area contributed by atoms with Gasteiger partial charge in [-0.05, 0) is 38.1 Å². The minimum atomic E-state index is -0.105. The van der Waals surface area contributed by atoms with Crippen LogP contribution in [0.5, 0.6) is 5.75 Å². The summed E-state index contributed by atoms with van der Waals surface area (Å²) in [6, 6.07) is 3.31. The fraction of sp³-hybridized carbons (Fsp3) is 0.286. The van der Waals surface area contributed by atoms with Crippen LogP contribution < -0.4 is 5.32 Å². The molecule has 0 saturated carbocycles. The second kappa shape index (κ2) is 5.04. The van der Waals surface area contributed by atoms with Gasteiger partial charge in [0, 0.05) is 18.8 Å². The first-order valence-corrected chi connectivity index (χ1v) is 6.06. The van der Waals surface area contributed by atoms with Crippen molar-refractivity contribution < 1.29 is 9.90 Å². The molecule has 1 aromatic carbocycles. The van der Waals surface area contributed by atoms with Gasteiger partial charge in [0.25, 0.3) is 0 Å². The Labute approximate surface area is 106 Å². The number of anilines is 1. The zero-order valence-corrected chi connectivity index (χ0v) is 10.5. The predicted molar refractivity (Wildman–Crippen MR) is 72.8 cm³/mol. The molecule has 18 heavy (non-hydrogen) atoms. The van der Waals surface area contributed by atoms with Crippen LogP contribution in [0.15, 0.2) is 29.3 Å². The number of hydrogen-bond donors (Lipinski definition) is 2. The Kier molecular flexibility index (Phi) is 3.46. The molecule has 0 aromatic heterocycles. The SMILES string of the molecule is CCN=C1C=CC(=O)c2c(NCC)ccc(O)c21. The third-order valence-corrected chi connectivity index (χ3v) is 2.77. The molecule has 2 N–H and O–H groups in total. The van der Waals surface area contributed by atoms with E-state index in [0.717, 1.165) is 5.69 Å². The highest BCUT2D eigenvalue weighted by atomic mass is 16.3. The number of hydrogen-bond acceptors (Lipinski definition) is 4. The molecule has 0 amide bonds. The molecule has 0 bridgehead atoms. The fourth-order valence-corrected chi connectivity index (χ4v) is 2.07. The molecular formula is C14H16N2O2. The molecule has 0 atom stereocenters. The first-order chi connectivity index (χ1) is 8.69. The van der Waals surface area contributed by atoms with Crippen molar-refractivity contribution >= 4 is 17.2 Å². The summed E-state index contributed by atoms with van der Waals surface area (Å²) in [7, 11) is 0. The smallest absolute Gasteiger partial charge is 0.188 e. The van der Waals surface area contributed by atoms with Gasteiger partial charge < -0.3 is 10.4 Å². The largest absolute Gasteiger partial charge is 0.507 e. The molecule has 0 unspecified atom stereocenters. The fourth-order valence-electron chi connectivity index (χ4n) is 2.07. The predicted octanol–water partition coefficient (Wildman–Crippen LogP) is 2.39. The lowest BCUT2D eigenvalue weighted by atomic mass is 9.91. The minimum Gasteiger partial charge on any atom is -0.507 e. The number of carbonyl (C=O) groups excluding carboxylic acids is 1. The first kappa shape index (κ1) is 12.4. The van der Waals surface area contributed by atoms with Gasteiger partial charge in [-0.1, -0.05) is 0 Å². The molecule has 4 heteroatoms. The summed E-state index contributed by atoms with van der Waals surface area (Å²) in [5, 5.41) is 13.1. The lowest BCUT2D eigenvalue weighted by Gasteiger charge is -2.18. The summed E-state index contributed by atoms with van der Waals surface area (Å²) in [5.41, 5.74) is 2.43. The summed E-state index contributed by atoms with van der Waals surface area (Å²) >= 11 is 0. The van der Waals surface area contributed by atoms with Crippen LogP contribution in [-0.4, -0.2) is 29.7 Å². The highest BCUT2D eigenvalue weighted by Crippen LogP contribution is 2.32. The van der Waals surface area contributed by atoms with Gasteiger partial charge in [0.15, 0.2) is 5.78 Å². The highest BCUT2D eigenvalue weighted by Gasteiger charge is 2.24. The van der Waals surface area contributed by atoms with Crippen LogP contribution in [0.3, 0.4) is 0 Å². The van der Waals surface area contributed by atoms with Crippen molar-refractivity contribution in [1.82, 2.24) is 0 Å². The van der Waals surface area contributed by atoms with E-state index in [0.29, 0.717) is 29.9 Å². The van der Waals surface area contributed by atoms with Crippen molar-refractivity contribution in [3.8, 4) is 5.75 Å². The second-order valence-electron chi connectivity index (χ2n) is 3.97. The number of rotatable bonds is 3. The zero-order chi connectivity index (χ0) is 13.1. The number of phenolic OH excluding ortho intramolecular Hbond substituents is 1. The van der Waals surface area contributed by atoms with Gasteiger partial charge >= 0.3 is 0 Å². The molecule has 0 radical (unpaired) electrons. The van der Waals surface area contributed by atoms with E-state index < -0.39 is 0 Å². The standard InChI is InChI=1S/C14H16N2O2/c1-3-15-9-5-7-12(18)14-10(16-4-2)6-8-11(17)13(9)14/h5-8,15,18H,3-4H2,1-2H3. The number of nitrogens with one attached hydrogen (secondary N) is 1. The number of fused-ring (bicyclic) bond motifs is 1. The molecule has 1 aliphatic carbocycles. The molecule has 0 spiro atoms. The summed E-state index contributed by atoms with van der Waals surface area (Å²) in [6.45, 7) is 5.21. The van der Waals surface area contributed by atoms with Crippen LogP contribution in [0, 0.1) is 0 Å². The number of nitrogens with zero attached hydrogens (tertiary/aromatic N) is 1. The first-order valence-electron chi connectivity index (χ1n) is 6.06. The van der Waals surface area contributed by atoms with Crippen molar-refractivity contribution in [3.05, 3.63) is 35.4 Å². The molecule has 1 aliphatic rings. The number of allylic oxidation sites excluding steroid dienone is 2. The van der Waals surface area contributed by atoms with E-state index >= 15 is 0 Å². The maximum Gasteiger partial charge on any atom is 0.188 e. The van der Waals surface area contributed by atoms with Crippen molar-refractivity contribution in [2.24, 2.45) is 4.99 Å². The van der Waals surface area contributed by atoms with Crippen LogP contribution in [0.2, 0.25) is 0 Å². The Balaban J connectivity index is 2.67. The monoisotopic (exact) mass is 244 g/mol. The molecule has 1 aromatic rings. The van der Waals surface area contributed by atoms with Crippen LogP contribution in [0.25, 0.3) is 0 Å². The minimum absolute atomic E-state index is 0.0940. The normalized spacial score (nSPS) is 15.9. The Hall–Kier alpha value is -2.10. The van der Waals surface area contributed by atoms with Crippen LogP contribution in [-0.2, 0) is 0 Å². The molecule has 0 aliphatic heterocycles. The number of carbonyl (C=O) groups is 1. The Bertz CT molecular complexity index is 545. The maximum atomic E-state index is 12.0. The summed E-state index contributed by atoms with van der Waals surface area (Å²) in [5.74, 6) is -0.0107. The van der Waals surface area contributed by atoms with Crippen molar-refractivity contribution in [3.63, 3.8) is 0 Å². The Morgan fingerprint density at radius 3 is 2.67 bits per heavy atom. The van der Waals surface area contributed by atoms with Gasteiger partial charge in [0.2, 0.25) is 0 Å². The molecule has 0 saturated heterocycles. The van der Waals surface area contributed by atoms with Crippen LogP contribution in [0.4, 0.5) is 5.69 Å². The average Bonchev–Trinajstić information content (AvgIpc) is 2.36. The average molecular weight is 244 g/mol. The molecular weight excluding hydrogens is 228 g/mol. The number of benzene rings is 1.